The number of carboxylic acids is 1. The fraction of sp³-hybridized carbons (Fsp3) is 0.111. The molecule has 0 aromatic carbocycles. The molecule has 5 heteroatoms. The molecule has 2 heterocycles. The van der Waals surface area contributed by atoms with Crippen LogP contribution in [-0.2, 0) is 0 Å². The number of hydrogen-bond acceptors (Lipinski definition) is 4. The average molecular weight is 209 g/mol. The molecular formula is C9H7NO3S. The number of nitrogens with zero attached hydrogens (tertiary/aromatic N) is 1. The molecule has 0 radical (unpaired) electrons. The standard InChI is InChI=1S/C9H7NO3S/c1-5-3-14-4-6(5)8-10-7(2-13-8)9(11)12/h2-4H,1H3,(H,11,12). The normalized spacial score (nSPS) is 10.4. The Morgan fingerprint density at radius 1 is 1.57 bits per heavy atom. The van der Waals surface area contributed by atoms with Crippen LogP contribution in [0.15, 0.2) is 21.4 Å². The van der Waals surface area contributed by atoms with Gasteiger partial charge < -0.3 is 9.52 Å². The monoisotopic (exact) mass is 209 g/mol. The van der Waals surface area contributed by atoms with Crippen LogP contribution < -0.4 is 0 Å². The summed E-state index contributed by atoms with van der Waals surface area (Å²) in [4.78, 5) is 14.4. The summed E-state index contributed by atoms with van der Waals surface area (Å²) in [7, 11) is 0. The first-order chi connectivity index (χ1) is 6.68. The van der Waals surface area contributed by atoms with Gasteiger partial charge in [0.1, 0.15) is 6.26 Å². The summed E-state index contributed by atoms with van der Waals surface area (Å²) in [5, 5.41) is 12.5. The van der Waals surface area contributed by atoms with Crippen molar-refractivity contribution in [1.82, 2.24) is 4.98 Å². The third kappa shape index (κ3) is 1.42. The highest BCUT2D eigenvalue weighted by atomic mass is 32.1. The number of aromatic carboxylic acids is 1. The van der Waals surface area contributed by atoms with E-state index in [-0.39, 0.29) is 5.69 Å². The van der Waals surface area contributed by atoms with E-state index in [9.17, 15) is 4.79 Å². The number of carboxylic acid groups (broad SMARTS) is 1. The quantitative estimate of drug-likeness (QED) is 0.824. The van der Waals surface area contributed by atoms with Crippen molar-refractivity contribution in [3.05, 3.63) is 28.3 Å². The fourth-order valence-corrected chi connectivity index (χ4v) is 1.90. The molecule has 2 aromatic rings. The Labute approximate surface area is 83.8 Å². The lowest BCUT2D eigenvalue weighted by Gasteiger charge is -1.90. The molecule has 0 atom stereocenters. The maximum Gasteiger partial charge on any atom is 0.357 e. The van der Waals surface area contributed by atoms with Gasteiger partial charge in [-0.1, -0.05) is 0 Å². The highest BCUT2D eigenvalue weighted by molar-refractivity contribution is 7.08. The van der Waals surface area contributed by atoms with Gasteiger partial charge >= 0.3 is 5.97 Å². The van der Waals surface area contributed by atoms with E-state index < -0.39 is 5.97 Å². The molecule has 0 saturated carbocycles. The average Bonchev–Trinajstić information content (AvgIpc) is 2.71. The highest BCUT2D eigenvalue weighted by Gasteiger charge is 2.13. The third-order valence-corrected chi connectivity index (χ3v) is 2.67. The van der Waals surface area contributed by atoms with Gasteiger partial charge in [0.2, 0.25) is 5.89 Å². The molecule has 72 valence electrons. The highest BCUT2D eigenvalue weighted by Crippen LogP contribution is 2.25. The van der Waals surface area contributed by atoms with Crippen LogP contribution in [0.3, 0.4) is 0 Å². The molecule has 1 N–H and O–H groups in total. The molecule has 0 aliphatic rings. The number of rotatable bonds is 2. The molecule has 14 heavy (non-hydrogen) atoms. The first-order valence-corrected chi connectivity index (χ1v) is 4.85. The zero-order valence-corrected chi connectivity index (χ0v) is 8.17. The summed E-state index contributed by atoms with van der Waals surface area (Å²) in [6.07, 6.45) is 1.15. The molecule has 0 unspecified atom stereocenters. The second-order valence-electron chi connectivity index (χ2n) is 2.81. The molecule has 0 aliphatic heterocycles. The summed E-state index contributed by atoms with van der Waals surface area (Å²) < 4.78 is 5.07. The maximum atomic E-state index is 10.5. The second kappa shape index (κ2) is 3.26. The summed E-state index contributed by atoms with van der Waals surface area (Å²) >= 11 is 1.53. The van der Waals surface area contributed by atoms with Gasteiger partial charge in [-0.15, -0.1) is 0 Å². The minimum atomic E-state index is -1.08. The van der Waals surface area contributed by atoms with Crippen molar-refractivity contribution in [3.8, 4) is 11.5 Å². The fourth-order valence-electron chi connectivity index (χ4n) is 1.08. The molecule has 4 nitrogen and oxygen atoms in total. The number of aromatic nitrogens is 1. The lowest BCUT2D eigenvalue weighted by molar-refractivity contribution is 0.0690. The molecule has 0 saturated heterocycles. The Hall–Kier alpha value is -1.62. The van der Waals surface area contributed by atoms with Gasteiger partial charge in [-0.3, -0.25) is 0 Å². The minimum absolute atomic E-state index is 0.0643. The van der Waals surface area contributed by atoms with Crippen molar-refractivity contribution in [3.63, 3.8) is 0 Å². The molecule has 0 fully saturated rings. The number of aryl methyl sites for hydroxylation is 1. The SMILES string of the molecule is Cc1cscc1-c1nc(C(=O)O)co1. The van der Waals surface area contributed by atoms with E-state index in [1.54, 1.807) is 0 Å². The first-order valence-electron chi connectivity index (χ1n) is 3.90. The lowest BCUT2D eigenvalue weighted by Crippen LogP contribution is -1.95. The van der Waals surface area contributed by atoms with Gasteiger partial charge in [0.15, 0.2) is 5.69 Å². The molecule has 0 amide bonds. The Morgan fingerprint density at radius 3 is 2.86 bits per heavy atom. The van der Waals surface area contributed by atoms with E-state index >= 15 is 0 Å². The van der Waals surface area contributed by atoms with E-state index in [2.05, 4.69) is 4.98 Å². The number of carbonyl (C=O) groups is 1. The third-order valence-electron chi connectivity index (χ3n) is 1.81. The first kappa shape index (κ1) is 8.96. The molecule has 0 spiro atoms. The predicted molar refractivity (Wildman–Crippen MR) is 51.5 cm³/mol. The number of thiophene rings is 1. The van der Waals surface area contributed by atoms with Gasteiger partial charge in [0.05, 0.1) is 5.56 Å². The molecular weight excluding hydrogens is 202 g/mol. The van der Waals surface area contributed by atoms with Gasteiger partial charge in [-0.05, 0) is 17.9 Å². The summed E-state index contributed by atoms with van der Waals surface area (Å²) in [6.45, 7) is 1.93. The lowest BCUT2D eigenvalue weighted by atomic mass is 10.2. The van der Waals surface area contributed by atoms with Gasteiger partial charge in [0, 0.05) is 5.38 Å². The summed E-state index contributed by atoms with van der Waals surface area (Å²) in [5.41, 5.74) is 1.82. The van der Waals surface area contributed by atoms with E-state index in [1.165, 1.54) is 11.3 Å². The predicted octanol–water partition coefficient (Wildman–Crippen LogP) is 2.41. The van der Waals surface area contributed by atoms with Gasteiger partial charge in [-0.2, -0.15) is 11.3 Å². The van der Waals surface area contributed by atoms with E-state index in [0.717, 1.165) is 17.4 Å². The minimum Gasteiger partial charge on any atom is -0.476 e. The van der Waals surface area contributed by atoms with Crippen LogP contribution in [0.2, 0.25) is 0 Å². The van der Waals surface area contributed by atoms with Crippen molar-refractivity contribution >= 4 is 17.3 Å². The zero-order chi connectivity index (χ0) is 10.1. The Kier molecular flexibility index (Phi) is 2.09. The summed E-state index contributed by atoms with van der Waals surface area (Å²) in [6, 6.07) is 0. The Balaban J connectivity index is 2.43. The molecule has 0 aliphatic carbocycles. The van der Waals surface area contributed by atoms with Crippen molar-refractivity contribution in [2.45, 2.75) is 6.92 Å². The van der Waals surface area contributed by atoms with Gasteiger partial charge in [0.25, 0.3) is 0 Å². The van der Waals surface area contributed by atoms with Gasteiger partial charge in [-0.25, -0.2) is 9.78 Å². The second-order valence-corrected chi connectivity index (χ2v) is 3.56. The topological polar surface area (TPSA) is 63.3 Å². The van der Waals surface area contributed by atoms with Crippen molar-refractivity contribution in [2.75, 3.05) is 0 Å². The zero-order valence-electron chi connectivity index (χ0n) is 7.35. The van der Waals surface area contributed by atoms with Crippen molar-refractivity contribution in [1.29, 1.82) is 0 Å². The number of hydrogen-bond donors (Lipinski definition) is 1. The van der Waals surface area contributed by atoms with E-state index in [0.29, 0.717) is 5.89 Å². The largest absolute Gasteiger partial charge is 0.476 e. The van der Waals surface area contributed by atoms with Crippen LogP contribution in [0.4, 0.5) is 0 Å². The van der Waals surface area contributed by atoms with Crippen molar-refractivity contribution in [2.24, 2.45) is 0 Å². The van der Waals surface area contributed by atoms with E-state index in [4.69, 9.17) is 9.52 Å². The van der Waals surface area contributed by atoms with Crippen LogP contribution >= 0.6 is 11.3 Å². The summed E-state index contributed by atoms with van der Waals surface area (Å²) in [5.74, 6) is -0.714. The molecule has 2 aromatic heterocycles. The van der Waals surface area contributed by atoms with Crippen LogP contribution in [0.25, 0.3) is 11.5 Å². The van der Waals surface area contributed by atoms with Crippen LogP contribution in [0, 0.1) is 6.92 Å². The smallest absolute Gasteiger partial charge is 0.357 e. The molecule has 0 bridgehead atoms. The van der Waals surface area contributed by atoms with E-state index in [1.807, 2.05) is 17.7 Å². The van der Waals surface area contributed by atoms with Crippen LogP contribution in [-0.4, -0.2) is 16.1 Å². The Bertz CT molecular complexity index is 472. The Morgan fingerprint density at radius 2 is 2.36 bits per heavy atom. The van der Waals surface area contributed by atoms with Crippen molar-refractivity contribution < 1.29 is 14.3 Å². The maximum absolute atomic E-state index is 10.5. The molecule has 2 rings (SSSR count). The van der Waals surface area contributed by atoms with Crippen LogP contribution in [0.1, 0.15) is 16.1 Å². The van der Waals surface area contributed by atoms with Crippen LogP contribution in [0.5, 0.6) is 0 Å². The number of oxazole rings is 1.